The van der Waals surface area contributed by atoms with Crippen molar-refractivity contribution in [2.24, 2.45) is 0 Å². The fourth-order valence-corrected chi connectivity index (χ4v) is 5.26. The van der Waals surface area contributed by atoms with Gasteiger partial charge in [-0.05, 0) is 18.9 Å². The topological polar surface area (TPSA) is 69.6 Å². The van der Waals surface area contributed by atoms with Crippen LogP contribution in [0.2, 0.25) is 0 Å². The summed E-state index contributed by atoms with van der Waals surface area (Å²) in [5.74, 6) is 0.951. The van der Waals surface area contributed by atoms with Crippen molar-refractivity contribution < 1.29 is 12.8 Å². The minimum Gasteiger partial charge on any atom is -0.356 e. The van der Waals surface area contributed by atoms with Gasteiger partial charge in [0, 0.05) is 50.9 Å². The van der Waals surface area contributed by atoms with Gasteiger partial charge in [-0.2, -0.15) is 4.31 Å². The molecule has 7 nitrogen and oxygen atoms in total. The van der Waals surface area contributed by atoms with Crippen molar-refractivity contribution in [1.29, 1.82) is 0 Å². The SMILES string of the molecule is O=S(=O)(Cc1ccccc1F)N1CCN(c2cc(N3CCCC3)ncn2)CC1. The monoisotopic (exact) mass is 405 g/mol. The fraction of sp³-hybridized carbons (Fsp3) is 0.474. The van der Waals surface area contributed by atoms with Gasteiger partial charge >= 0.3 is 0 Å². The Labute approximate surface area is 164 Å². The van der Waals surface area contributed by atoms with Crippen LogP contribution in [0.4, 0.5) is 16.0 Å². The summed E-state index contributed by atoms with van der Waals surface area (Å²) in [7, 11) is -3.56. The number of hydrogen-bond donors (Lipinski definition) is 0. The lowest BCUT2D eigenvalue weighted by Crippen LogP contribution is -2.49. The summed E-state index contributed by atoms with van der Waals surface area (Å²) in [4.78, 5) is 13.1. The number of anilines is 2. The van der Waals surface area contributed by atoms with E-state index in [4.69, 9.17) is 0 Å². The highest BCUT2D eigenvalue weighted by Gasteiger charge is 2.28. The molecule has 2 saturated heterocycles. The number of halogens is 1. The first kappa shape index (κ1) is 19.1. The van der Waals surface area contributed by atoms with Gasteiger partial charge in [-0.15, -0.1) is 0 Å². The summed E-state index contributed by atoms with van der Waals surface area (Å²) in [6, 6.07) is 8.00. The lowest BCUT2D eigenvalue weighted by molar-refractivity contribution is 0.383. The third-order valence-corrected chi connectivity index (χ3v) is 7.15. The average molecular weight is 405 g/mol. The van der Waals surface area contributed by atoms with E-state index in [-0.39, 0.29) is 11.3 Å². The zero-order valence-electron chi connectivity index (χ0n) is 15.7. The van der Waals surface area contributed by atoms with Crippen LogP contribution in [-0.2, 0) is 15.8 Å². The van der Waals surface area contributed by atoms with Crippen LogP contribution in [0.25, 0.3) is 0 Å². The summed E-state index contributed by atoms with van der Waals surface area (Å²) >= 11 is 0. The Hall–Kier alpha value is -2.26. The largest absolute Gasteiger partial charge is 0.356 e. The van der Waals surface area contributed by atoms with E-state index in [1.54, 1.807) is 18.5 Å². The van der Waals surface area contributed by atoms with Gasteiger partial charge < -0.3 is 9.80 Å². The Morgan fingerprint density at radius 3 is 2.14 bits per heavy atom. The van der Waals surface area contributed by atoms with Gasteiger partial charge in [0.05, 0.1) is 5.75 Å². The third-order valence-electron chi connectivity index (χ3n) is 5.32. The van der Waals surface area contributed by atoms with Crippen LogP contribution in [0.5, 0.6) is 0 Å². The van der Waals surface area contributed by atoms with Crippen molar-refractivity contribution in [2.45, 2.75) is 18.6 Å². The van der Waals surface area contributed by atoms with Gasteiger partial charge in [-0.1, -0.05) is 18.2 Å². The van der Waals surface area contributed by atoms with E-state index in [9.17, 15) is 12.8 Å². The fourth-order valence-electron chi connectivity index (χ4n) is 3.73. The minimum absolute atomic E-state index is 0.205. The van der Waals surface area contributed by atoms with Crippen LogP contribution in [0.1, 0.15) is 18.4 Å². The molecule has 0 N–H and O–H groups in total. The lowest BCUT2D eigenvalue weighted by Gasteiger charge is -2.35. The van der Waals surface area contributed by atoms with Crippen molar-refractivity contribution >= 4 is 21.7 Å². The number of hydrogen-bond acceptors (Lipinski definition) is 6. The van der Waals surface area contributed by atoms with Gasteiger partial charge in [0.15, 0.2) is 0 Å². The minimum atomic E-state index is -3.56. The first-order valence-corrected chi connectivity index (χ1v) is 11.2. The maximum atomic E-state index is 13.8. The molecule has 2 aliphatic rings. The van der Waals surface area contributed by atoms with Gasteiger partial charge in [-0.3, -0.25) is 0 Å². The van der Waals surface area contributed by atoms with Crippen LogP contribution in [0.3, 0.4) is 0 Å². The average Bonchev–Trinajstić information content (AvgIpc) is 3.25. The van der Waals surface area contributed by atoms with Crippen molar-refractivity contribution in [3.05, 3.63) is 48.0 Å². The molecule has 2 fully saturated rings. The molecule has 0 spiro atoms. The smallest absolute Gasteiger partial charge is 0.218 e. The zero-order valence-corrected chi connectivity index (χ0v) is 16.5. The molecule has 0 unspecified atom stereocenters. The molecule has 2 aromatic rings. The molecule has 0 radical (unpaired) electrons. The molecule has 1 aromatic carbocycles. The molecule has 0 amide bonds. The van der Waals surface area contributed by atoms with Gasteiger partial charge in [0.2, 0.25) is 10.0 Å². The number of nitrogens with zero attached hydrogens (tertiary/aromatic N) is 5. The highest BCUT2D eigenvalue weighted by Crippen LogP contribution is 2.23. The number of benzene rings is 1. The predicted octanol–water partition coefficient (Wildman–Crippen LogP) is 1.87. The highest BCUT2D eigenvalue weighted by atomic mass is 32.2. The highest BCUT2D eigenvalue weighted by molar-refractivity contribution is 7.88. The molecule has 0 atom stereocenters. The van der Waals surface area contributed by atoms with Crippen molar-refractivity contribution in [1.82, 2.24) is 14.3 Å². The second-order valence-corrected chi connectivity index (χ2v) is 9.13. The van der Waals surface area contributed by atoms with Crippen LogP contribution in [-0.4, -0.2) is 62.0 Å². The molecule has 150 valence electrons. The van der Waals surface area contributed by atoms with Crippen LogP contribution >= 0.6 is 0 Å². The van der Waals surface area contributed by atoms with E-state index >= 15 is 0 Å². The molecule has 28 heavy (non-hydrogen) atoms. The molecular formula is C19H24FN5O2S. The quantitative estimate of drug-likeness (QED) is 0.756. The van der Waals surface area contributed by atoms with Gasteiger partial charge in [0.25, 0.3) is 0 Å². The molecule has 0 aliphatic carbocycles. The van der Waals surface area contributed by atoms with Crippen molar-refractivity contribution in [3.63, 3.8) is 0 Å². The van der Waals surface area contributed by atoms with E-state index in [0.29, 0.717) is 26.2 Å². The summed E-state index contributed by atoms with van der Waals surface area (Å²) < 4.78 is 40.6. The predicted molar refractivity (Wildman–Crippen MR) is 106 cm³/mol. The summed E-state index contributed by atoms with van der Waals surface area (Å²) in [5, 5.41) is 0. The van der Waals surface area contributed by atoms with E-state index in [0.717, 1.165) is 24.7 Å². The van der Waals surface area contributed by atoms with E-state index < -0.39 is 15.8 Å². The van der Waals surface area contributed by atoms with Crippen molar-refractivity contribution in [2.75, 3.05) is 49.1 Å². The van der Waals surface area contributed by atoms with Crippen molar-refractivity contribution in [3.8, 4) is 0 Å². The summed E-state index contributed by atoms with van der Waals surface area (Å²) in [5.41, 5.74) is 0.205. The molecule has 4 rings (SSSR count). The second-order valence-electron chi connectivity index (χ2n) is 7.16. The van der Waals surface area contributed by atoms with E-state index in [2.05, 4.69) is 19.8 Å². The third kappa shape index (κ3) is 4.10. The van der Waals surface area contributed by atoms with Gasteiger partial charge in [0.1, 0.15) is 23.8 Å². The normalized spacial score (nSPS) is 18.6. The summed E-state index contributed by atoms with van der Waals surface area (Å²) in [6.45, 7) is 3.84. The molecule has 0 saturated carbocycles. The first-order valence-electron chi connectivity index (χ1n) is 9.56. The number of piperazine rings is 1. The molecule has 3 heterocycles. The Kier molecular flexibility index (Phi) is 5.45. The molecule has 0 bridgehead atoms. The van der Waals surface area contributed by atoms with Crippen LogP contribution in [0, 0.1) is 5.82 Å². The Balaban J connectivity index is 1.40. The number of rotatable bonds is 5. The summed E-state index contributed by atoms with van der Waals surface area (Å²) in [6.07, 6.45) is 3.93. The number of sulfonamides is 1. The lowest BCUT2D eigenvalue weighted by atomic mass is 10.2. The standard InChI is InChI=1S/C19H24FN5O2S/c20-17-6-2-1-5-16(17)14-28(26,27)25-11-9-24(10-12-25)19-13-18(21-15-22-19)23-7-3-4-8-23/h1-2,5-6,13,15H,3-4,7-12,14H2. The second kappa shape index (κ2) is 8.00. The van der Waals surface area contributed by atoms with Crippen LogP contribution < -0.4 is 9.80 Å². The van der Waals surface area contributed by atoms with E-state index in [1.807, 2.05) is 6.07 Å². The molecule has 1 aromatic heterocycles. The van der Waals surface area contributed by atoms with E-state index in [1.165, 1.54) is 29.3 Å². The first-order chi connectivity index (χ1) is 13.5. The molecular weight excluding hydrogens is 381 g/mol. The zero-order chi connectivity index (χ0) is 19.6. The Morgan fingerprint density at radius 1 is 0.893 bits per heavy atom. The number of aromatic nitrogens is 2. The Morgan fingerprint density at radius 2 is 1.50 bits per heavy atom. The Bertz CT molecular complexity index is 925. The maximum Gasteiger partial charge on any atom is 0.218 e. The maximum absolute atomic E-state index is 13.8. The molecule has 2 aliphatic heterocycles. The van der Waals surface area contributed by atoms with Gasteiger partial charge in [-0.25, -0.2) is 22.8 Å². The van der Waals surface area contributed by atoms with Crippen LogP contribution in [0.15, 0.2) is 36.7 Å². The molecule has 9 heteroatoms.